The number of phenolic OH excluding ortho intramolecular Hbond substituents is 1. The van der Waals surface area contributed by atoms with Crippen LogP contribution in [-0.4, -0.2) is 74.0 Å². The molecule has 8 nitrogen and oxygen atoms in total. The Morgan fingerprint density at radius 1 is 1.18 bits per heavy atom. The van der Waals surface area contributed by atoms with Crippen molar-refractivity contribution < 1.29 is 23.8 Å². The number of hydrogen-bond acceptors (Lipinski definition) is 8. The molecule has 1 saturated carbocycles. The minimum atomic E-state index is -0.464. The van der Waals surface area contributed by atoms with E-state index in [1.165, 1.54) is 32.1 Å². The van der Waals surface area contributed by atoms with E-state index in [0.717, 1.165) is 49.5 Å². The van der Waals surface area contributed by atoms with Crippen LogP contribution >= 0.6 is 0 Å². The van der Waals surface area contributed by atoms with Crippen molar-refractivity contribution in [1.29, 1.82) is 0 Å². The molecule has 1 N–H and O–H groups in total. The molecule has 1 saturated heterocycles. The van der Waals surface area contributed by atoms with Crippen LogP contribution < -0.4 is 4.74 Å². The van der Waals surface area contributed by atoms with Crippen LogP contribution in [0.15, 0.2) is 51.5 Å². The number of benzene rings is 2. The number of hydrogen-bond donors (Lipinski definition) is 1. The number of allylic oxidation sites excluding steroid dienone is 1. The van der Waals surface area contributed by atoms with Gasteiger partial charge in [-0.2, -0.15) is 0 Å². The molecule has 0 bridgehead atoms. The zero-order valence-corrected chi connectivity index (χ0v) is 26.7. The van der Waals surface area contributed by atoms with Crippen LogP contribution in [0, 0.1) is 12.8 Å². The minimum absolute atomic E-state index is 0.111. The highest BCUT2D eigenvalue weighted by molar-refractivity contribution is 6.17. The minimum Gasteiger partial charge on any atom is -0.507 e. The van der Waals surface area contributed by atoms with E-state index < -0.39 is 5.97 Å². The van der Waals surface area contributed by atoms with E-state index in [0.29, 0.717) is 45.6 Å². The summed E-state index contributed by atoms with van der Waals surface area (Å²) < 4.78 is 18.2. The normalized spacial score (nSPS) is 18.3. The number of ether oxygens (including phenoxy) is 2. The lowest BCUT2D eigenvalue weighted by molar-refractivity contribution is 0.0526. The van der Waals surface area contributed by atoms with Crippen molar-refractivity contribution in [2.24, 2.45) is 10.9 Å². The Balaban J connectivity index is 1.69. The Hall–Kier alpha value is -3.62. The number of rotatable bonds is 11. The van der Waals surface area contributed by atoms with Crippen molar-refractivity contribution in [3.05, 3.63) is 59.0 Å². The number of phenols is 1. The summed E-state index contributed by atoms with van der Waals surface area (Å²) in [7, 11) is 2.12. The van der Waals surface area contributed by atoms with E-state index in [9.17, 15) is 9.90 Å². The maximum absolute atomic E-state index is 13.4. The lowest BCUT2D eigenvalue weighted by Crippen LogP contribution is -2.46. The van der Waals surface area contributed by atoms with Gasteiger partial charge in [0.05, 0.1) is 19.3 Å². The van der Waals surface area contributed by atoms with E-state index >= 15 is 0 Å². The first kappa shape index (κ1) is 31.8. The number of aliphatic imine (C=N–C) groups is 1. The Morgan fingerprint density at radius 3 is 2.61 bits per heavy atom. The van der Waals surface area contributed by atoms with Gasteiger partial charge in [0.1, 0.15) is 28.4 Å². The second-order valence-electron chi connectivity index (χ2n) is 12.1. The Bertz CT molecular complexity index is 1540. The molecule has 2 aromatic carbocycles. The molecule has 0 amide bonds. The maximum Gasteiger partial charge on any atom is 0.342 e. The van der Waals surface area contributed by atoms with Crippen molar-refractivity contribution in [2.75, 3.05) is 46.4 Å². The number of likely N-dealkylation sites (N-methyl/N-ethyl adjacent to an activating group) is 1. The third kappa shape index (κ3) is 6.57. The van der Waals surface area contributed by atoms with Crippen LogP contribution in [0.4, 0.5) is 0 Å². The summed E-state index contributed by atoms with van der Waals surface area (Å²) in [6.07, 6.45) is 13.2. The van der Waals surface area contributed by atoms with E-state index in [1.807, 2.05) is 37.3 Å². The predicted octanol–water partition coefficient (Wildman–Crippen LogP) is 7.58. The van der Waals surface area contributed by atoms with Gasteiger partial charge in [-0.1, -0.05) is 38.2 Å². The first-order valence-electron chi connectivity index (χ1n) is 16.1. The fourth-order valence-corrected chi connectivity index (χ4v) is 6.92. The molecule has 0 radical (unpaired) electrons. The summed E-state index contributed by atoms with van der Waals surface area (Å²) in [5, 5.41) is 14.2. The second-order valence-corrected chi connectivity index (χ2v) is 12.1. The molecule has 1 aromatic heterocycles. The van der Waals surface area contributed by atoms with Crippen LogP contribution in [0.5, 0.6) is 11.5 Å². The highest BCUT2D eigenvalue weighted by Gasteiger charge is 2.35. The number of esters is 1. The van der Waals surface area contributed by atoms with E-state index in [1.54, 1.807) is 20.0 Å². The van der Waals surface area contributed by atoms with Gasteiger partial charge in [0, 0.05) is 54.1 Å². The molecular formula is C36H47N3O5. The molecule has 2 fully saturated rings. The van der Waals surface area contributed by atoms with Gasteiger partial charge >= 0.3 is 5.97 Å². The number of carbonyl (C=O) groups is 1. The van der Waals surface area contributed by atoms with Crippen molar-refractivity contribution in [1.82, 2.24) is 9.80 Å². The molecule has 1 aliphatic heterocycles. The standard InChI is InChI=1S/C36H47N3O5/c1-6-26(15-17-37-4)33(39-20-18-38(5)19-21-39)32-31-30(36(41)42-7-2)24(3)44-35(31)28-14-13-27(23-29(28)34(32)40)43-22-16-25-11-9-8-10-12-25/h6,13-15,17,23,25,33,40H,4,7-12,16,18-22H2,1-3,5H3/b17-15-,26-6+. The van der Waals surface area contributed by atoms with Gasteiger partial charge < -0.3 is 23.9 Å². The van der Waals surface area contributed by atoms with Gasteiger partial charge in [-0.05, 0) is 76.7 Å². The quantitative estimate of drug-likeness (QED) is 0.138. The highest BCUT2D eigenvalue weighted by atomic mass is 16.5. The maximum atomic E-state index is 13.4. The number of carbonyl (C=O) groups excluding carboxylic acids is 1. The molecule has 1 unspecified atom stereocenters. The van der Waals surface area contributed by atoms with Gasteiger partial charge in [-0.25, -0.2) is 4.79 Å². The molecule has 5 rings (SSSR count). The van der Waals surface area contributed by atoms with Crippen LogP contribution in [0.25, 0.3) is 21.7 Å². The number of fused-ring (bicyclic) bond motifs is 3. The Kier molecular flexibility index (Phi) is 10.4. The lowest BCUT2D eigenvalue weighted by Gasteiger charge is -2.39. The third-order valence-electron chi connectivity index (χ3n) is 9.30. The molecule has 0 spiro atoms. The Morgan fingerprint density at radius 2 is 1.93 bits per heavy atom. The molecule has 2 heterocycles. The molecule has 1 atom stereocenters. The monoisotopic (exact) mass is 601 g/mol. The molecule has 8 heteroatoms. The van der Waals surface area contributed by atoms with E-state index in [-0.39, 0.29) is 18.4 Å². The summed E-state index contributed by atoms with van der Waals surface area (Å²) in [5.74, 6) is 1.54. The van der Waals surface area contributed by atoms with E-state index in [4.69, 9.17) is 13.9 Å². The number of furan rings is 1. The van der Waals surface area contributed by atoms with Crippen LogP contribution in [0.2, 0.25) is 0 Å². The van der Waals surface area contributed by atoms with Crippen molar-refractivity contribution in [2.45, 2.75) is 65.3 Å². The average Bonchev–Trinajstić information content (AvgIpc) is 3.38. The van der Waals surface area contributed by atoms with Crippen molar-refractivity contribution >= 4 is 34.4 Å². The second kappa shape index (κ2) is 14.4. The average molecular weight is 602 g/mol. The predicted molar refractivity (Wildman–Crippen MR) is 177 cm³/mol. The molecule has 236 valence electrons. The van der Waals surface area contributed by atoms with Gasteiger partial charge in [-0.3, -0.25) is 9.89 Å². The summed E-state index contributed by atoms with van der Waals surface area (Å²) in [4.78, 5) is 22.1. The van der Waals surface area contributed by atoms with Crippen LogP contribution in [-0.2, 0) is 4.74 Å². The first-order valence-corrected chi connectivity index (χ1v) is 16.1. The number of nitrogens with zero attached hydrogens (tertiary/aromatic N) is 3. The number of aryl methyl sites for hydroxylation is 1. The smallest absolute Gasteiger partial charge is 0.342 e. The summed E-state index contributed by atoms with van der Waals surface area (Å²) in [6.45, 7) is 13.4. The van der Waals surface area contributed by atoms with Crippen molar-refractivity contribution in [3.8, 4) is 11.5 Å². The van der Waals surface area contributed by atoms with Gasteiger partial charge in [0.15, 0.2) is 0 Å². The lowest BCUT2D eigenvalue weighted by atomic mass is 9.87. The molecule has 44 heavy (non-hydrogen) atoms. The largest absolute Gasteiger partial charge is 0.507 e. The fraction of sp³-hybridized carbons (Fsp3) is 0.500. The molecule has 2 aliphatic rings. The molecule has 1 aliphatic carbocycles. The number of piperazine rings is 1. The van der Waals surface area contributed by atoms with Gasteiger partial charge in [0.25, 0.3) is 0 Å². The topological polar surface area (TPSA) is 87.7 Å². The fourth-order valence-electron chi connectivity index (χ4n) is 6.92. The zero-order valence-electron chi connectivity index (χ0n) is 26.7. The van der Waals surface area contributed by atoms with E-state index in [2.05, 4.69) is 28.6 Å². The van der Waals surface area contributed by atoms with Gasteiger partial charge in [0.2, 0.25) is 0 Å². The molecular weight excluding hydrogens is 554 g/mol. The molecule has 3 aromatic rings. The van der Waals surface area contributed by atoms with Gasteiger partial charge in [-0.15, -0.1) is 0 Å². The first-order chi connectivity index (χ1) is 21.4. The Labute approximate surface area is 261 Å². The van der Waals surface area contributed by atoms with Crippen LogP contribution in [0.3, 0.4) is 0 Å². The summed E-state index contributed by atoms with van der Waals surface area (Å²) in [5.41, 5.74) is 2.47. The van der Waals surface area contributed by atoms with Crippen molar-refractivity contribution in [3.63, 3.8) is 0 Å². The summed E-state index contributed by atoms with van der Waals surface area (Å²) in [6, 6.07) is 5.39. The zero-order chi connectivity index (χ0) is 31.2. The summed E-state index contributed by atoms with van der Waals surface area (Å²) >= 11 is 0. The SMILES string of the molecule is C=N/C=C\C(=C/C)C(c1c(O)c2cc(OCCC3CCCCC3)ccc2c2oc(C)c(C(=O)OCC)c12)N1CCN(C)CC1. The van der Waals surface area contributed by atoms with Crippen LogP contribution in [0.1, 0.15) is 80.1 Å². The number of aromatic hydroxyl groups is 1. The highest BCUT2D eigenvalue weighted by Crippen LogP contribution is 2.48. The third-order valence-corrected chi connectivity index (χ3v) is 9.30.